The number of pyridine rings is 1. The first kappa shape index (κ1) is 24.0. The number of carbonyl (C=O) groups is 1. The zero-order valence-corrected chi connectivity index (χ0v) is 19.2. The van der Waals surface area contributed by atoms with Gasteiger partial charge in [0.25, 0.3) is 0 Å². The van der Waals surface area contributed by atoms with E-state index < -0.39 is 24.0 Å². The maximum Gasteiger partial charge on any atom is 0.239 e. The van der Waals surface area contributed by atoms with Crippen LogP contribution in [0.5, 0.6) is 11.5 Å². The lowest BCUT2D eigenvalue weighted by atomic mass is 10.0. The van der Waals surface area contributed by atoms with Gasteiger partial charge in [0.1, 0.15) is 28.9 Å². The third-order valence-corrected chi connectivity index (χ3v) is 5.71. The number of methoxy groups -OCH3 is 2. The Morgan fingerprint density at radius 1 is 1.41 bits per heavy atom. The van der Waals surface area contributed by atoms with Crippen molar-refractivity contribution in [2.24, 2.45) is 11.7 Å². The molecule has 0 fully saturated rings. The summed E-state index contributed by atoms with van der Waals surface area (Å²) in [6.07, 6.45) is -0.736. The van der Waals surface area contributed by atoms with Gasteiger partial charge >= 0.3 is 0 Å². The van der Waals surface area contributed by atoms with Crippen molar-refractivity contribution in [3.05, 3.63) is 45.9 Å². The Kier molecular flexibility index (Phi) is 7.43. The van der Waals surface area contributed by atoms with Crippen LogP contribution in [0.4, 0.5) is 10.2 Å². The Hall–Kier alpha value is -2.62. The van der Waals surface area contributed by atoms with Gasteiger partial charge in [-0.05, 0) is 18.4 Å². The van der Waals surface area contributed by atoms with Gasteiger partial charge in [0.05, 0.1) is 14.2 Å². The molecule has 1 aliphatic rings. The molecule has 0 saturated carbocycles. The average molecular weight is 467 g/mol. The molecule has 1 aromatic carbocycles. The van der Waals surface area contributed by atoms with Crippen LogP contribution in [0.15, 0.2) is 18.2 Å². The number of aliphatic hydroxyl groups is 1. The van der Waals surface area contributed by atoms with E-state index in [0.29, 0.717) is 17.9 Å². The SMILES string of the molecule is COc1ccc(CN2Cc3c(F)c(N[C@H](CC(C)C)C(N)=O)nc(Cl)c3C2O)c(OC)c1. The van der Waals surface area contributed by atoms with Crippen LogP contribution >= 0.6 is 11.6 Å². The molecule has 0 bridgehead atoms. The number of ether oxygens (including phenoxy) is 2. The fraction of sp³-hybridized carbons (Fsp3) is 0.455. The fourth-order valence-electron chi connectivity index (χ4n) is 3.80. The van der Waals surface area contributed by atoms with Crippen molar-refractivity contribution < 1.29 is 23.8 Å². The second-order valence-electron chi connectivity index (χ2n) is 8.14. The number of halogens is 2. The highest BCUT2D eigenvalue weighted by molar-refractivity contribution is 6.30. The summed E-state index contributed by atoms with van der Waals surface area (Å²) in [4.78, 5) is 17.5. The van der Waals surface area contributed by atoms with Crippen molar-refractivity contribution in [3.8, 4) is 11.5 Å². The number of nitrogens with two attached hydrogens (primary N) is 1. The molecule has 0 saturated heterocycles. The molecule has 2 heterocycles. The summed E-state index contributed by atoms with van der Waals surface area (Å²) in [5.41, 5.74) is 6.68. The predicted octanol–water partition coefficient (Wildman–Crippen LogP) is 3.21. The molecular weight excluding hydrogens is 439 g/mol. The van der Waals surface area contributed by atoms with Crippen LogP contribution in [0, 0.1) is 11.7 Å². The first-order chi connectivity index (χ1) is 15.2. The van der Waals surface area contributed by atoms with Gasteiger partial charge in [-0.3, -0.25) is 9.69 Å². The Balaban J connectivity index is 1.88. The molecule has 8 nitrogen and oxygen atoms in total. The van der Waals surface area contributed by atoms with Crippen LogP contribution in [0.1, 0.15) is 43.2 Å². The number of carbonyl (C=O) groups excluding carboxylic acids is 1. The summed E-state index contributed by atoms with van der Waals surface area (Å²) in [6, 6.07) is 4.54. The van der Waals surface area contributed by atoms with Crippen molar-refractivity contribution in [1.29, 1.82) is 0 Å². The molecule has 1 aliphatic heterocycles. The van der Waals surface area contributed by atoms with Crippen molar-refractivity contribution in [2.45, 2.75) is 45.6 Å². The molecule has 1 amide bonds. The maximum atomic E-state index is 15.3. The van der Waals surface area contributed by atoms with E-state index in [4.69, 9.17) is 26.8 Å². The van der Waals surface area contributed by atoms with Crippen LogP contribution in [-0.4, -0.2) is 41.2 Å². The lowest BCUT2D eigenvalue weighted by Crippen LogP contribution is -2.37. The van der Waals surface area contributed by atoms with E-state index in [1.165, 1.54) is 7.11 Å². The lowest BCUT2D eigenvalue weighted by molar-refractivity contribution is -0.119. The van der Waals surface area contributed by atoms with Crippen LogP contribution in [0.25, 0.3) is 0 Å². The van der Waals surface area contributed by atoms with E-state index >= 15 is 4.39 Å². The van der Waals surface area contributed by atoms with Crippen LogP contribution in [0.3, 0.4) is 0 Å². The van der Waals surface area contributed by atoms with E-state index in [1.54, 1.807) is 24.1 Å². The minimum absolute atomic E-state index is 0.0339. The van der Waals surface area contributed by atoms with Gasteiger partial charge in [0.15, 0.2) is 11.6 Å². The highest BCUT2D eigenvalue weighted by atomic mass is 35.5. The van der Waals surface area contributed by atoms with E-state index in [1.807, 2.05) is 19.9 Å². The Morgan fingerprint density at radius 3 is 2.72 bits per heavy atom. The quantitative estimate of drug-likeness (QED) is 0.487. The van der Waals surface area contributed by atoms with Crippen LogP contribution < -0.4 is 20.5 Å². The summed E-state index contributed by atoms with van der Waals surface area (Å²) in [5.74, 6) is -0.0562. The number of nitrogens with one attached hydrogen (secondary N) is 1. The number of primary amides is 1. The third kappa shape index (κ3) is 4.90. The number of rotatable bonds is 9. The van der Waals surface area contributed by atoms with Crippen LogP contribution in [0.2, 0.25) is 5.15 Å². The summed E-state index contributed by atoms with van der Waals surface area (Å²) >= 11 is 6.31. The fourth-order valence-corrected chi connectivity index (χ4v) is 4.10. The van der Waals surface area contributed by atoms with Crippen LogP contribution in [-0.2, 0) is 17.9 Å². The number of hydrogen-bond donors (Lipinski definition) is 3. The van der Waals surface area contributed by atoms with Crippen molar-refractivity contribution >= 4 is 23.3 Å². The molecule has 32 heavy (non-hydrogen) atoms. The number of anilines is 1. The number of benzene rings is 1. The lowest BCUT2D eigenvalue weighted by Gasteiger charge is -2.22. The van der Waals surface area contributed by atoms with Gasteiger partial charge in [-0.15, -0.1) is 0 Å². The molecule has 1 aromatic heterocycles. The number of amides is 1. The number of aliphatic hydroxyl groups excluding tert-OH is 1. The van der Waals surface area contributed by atoms with Crippen molar-refractivity contribution in [2.75, 3.05) is 19.5 Å². The zero-order chi connectivity index (χ0) is 23.6. The largest absolute Gasteiger partial charge is 0.497 e. The highest BCUT2D eigenvalue weighted by Gasteiger charge is 2.36. The molecule has 0 spiro atoms. The first-order valence-corrected chi connectivity index (χ1v) is 10.6. The highest BCUT2D eigenvalue weighted by Crippen LogP contribution is 2.41. The molecule has 4 N–H and O–H groups in total. The molecular formula is C22H28ClFN4O4. The zero-order valence-electron chi connectivity index (χ0n) is 18.5. The predicted molar refractivity (Wildman–Crippen MR) is 119 cm³/mol. The first-order valence-electron chi connectivity index (χ1n) is 10.2. The summed E-state index contributed by atoms with van der Waals surface area (Å²) in [5, 5.41) is 13.6. The van der Waals surface area contributed by atoms with Gasteiger partial charge in [0, 0.05) is 35.8 Å². The molecule has 174 valence electrons. The van der Waals surface area contributed by atoms with Gasteiger partial charge in [-0.1, -0.05) is 31.5 Å². The normalized spacial score (nSPS) is 16.7. The maximum absolute atomic E-state index is 15.3. The standard InChI is InChI=1S/C22H28ClFN4O4/c1-11(2)7-15(20(25)29)26-21-18(24)14-10-28(22(30)17(14)19(23)27-21)9-12-5-6-13(31-3)8-16(12)32-4/h5-6,8,11,15,22,30H,7,9-10H2,1-4H3,(H2,25,29)(H,26,27)/t15-,22?/m1/s1. The van der Waals surface area contributed by atoms with Gasteiger partial charge < -0.3 is 25.6 Å². The monoisotopic (exact) mass is 466 g/mol. The molecule has 2 atom stereocenters. The molecule has 2 aromatic rings. The average Bonchev–Trinajstić information content (AvgIpc) is 3.07. The van der Waals surface area contributed by atoms with E-state index in [9.17, 15) is 9.90 Å². The third-order valence-electron chi connectivity index (χ3n) is 5.42. The molecule has 0 aliphatic carbocycles. The topological polar surface area (TPSA) is 110 Å². The summed E-state index contributed by atoms with van der Waals surface area (Å²) in [7, 11) is 3.10. The number of fused-ring (bicyclic) bond motifs is 1. The molecule has 0 radical (unpaired) electrons. The van der Waals surface area contributed by atoms with Crippen molar-refractivity contribution in [1.82, 2.24) is 9.88 Å². The second-order valence-corrected chi connectivity index (χ2v) is 8.50. The molecule has 10 heteroatoms. The Morgan fingerprint density at radius 2 is 2.12 bits per heavy atom. The van der Waals surface area contributed by atoms with Gasteiger partial charge in [-0.25, -0.2) is 9.37 Å². The molecule has 3 rings (SSSR count). The molecule has 1 unspecified atom stereocenters. The summed E-state index contributed by atoms with van der Waals surface area (Å²) < 4.78 is 26.0. The smallest absolute Gasteiger partial charge is 0.239 e. The second kappa shape index (κ2) is 9.89. The summed E-state index contributed by atoms with van der Waals surface area (Å²) in [6.45, 7) is 4.23. The van der Waals surface area contributed by atoms with Gasteiger partial charge in [-0.2, -0.15) is 0 Å². The minimum atomic E-state index is -1.15. The number of nitrogens with zero attached hydrogens (tertiary/aromatic N) is 2. The van der Waals surface area contributed by atoms with Crippen molar-refractivity contribution in [3.63, 3.8) is 0 Å². The Labute approximate surface area is 191 Å². The Bertz CT molecular complexity index is 1000. The van der Waals surface area contributed by atoms with E-state index in [-0.39, 0.29) is 41.1 Å². The van der Waals surface area contributed by atoms with E-state index in [0.717, 1.165) is 5.56 Å². The van der Waals surface area contributed by atoms with E-state index in [2.05, 4.69) is 10.3 Å². The number of hydrogen-bond acceptors (Lipinski definition) is 7. The van der Waals surface area contributed by atoms with Gasteiger partial charge in [0.2, 0.25) is 5.91 Å². The number of aromatic nitrogens is 1. The minimum Gasteiger partial charge on any atom is -0.497 e.